The molecule has 0 bridgehead atoms. The fraction of sp³-hybridized carbons (Fsp3) is 0.733. The molecule has 108 valence electrons. The molecule has 19 heavy (non-hydrogen) atoms. The molecule has 0 spiro atoms. The molecule has 0 saturated carbocycles. The first-order chi connectivity index (χ1) is 9.14. The van der Waals surface area contributed by atoms with Crippen molar-refractivity contribution in [3.63, 3.8) is 0 Å². The Labute approximate surface area is 125 Å². The van der Waals surface area contributed by atoms with Gasteiger partial charge >= 0.3 is 0 Å². The van der Waals surface area contributed by atoms with E-state index in [-0.39, 0.29) is 5.60 Å². The molecule has 0 aliphatic carbocycles. The van der Waals surface area contributed by atoms with Crippen molar-refractivity contribution in [1.29, 1.82) is 0 Å². The molecule has 0 radical (unpaired) electrons. The highest BCUT2D eigenvalue weighted by molar-refractivity contribution is 7.16. The van der Waals surface area contributed by atoms with Gasteiger partial charge in [-0.15, -0.1) is 11.3 Å². The van der Waals surface area contributed by atoms with Gasteiger partial charge in [0.25, 0.3) is 0 Å². The first-order valence-corrected chi connectivity index (χ1v) is 8.45. The van der Waals surface area contributed by atoms with Gasteiger partial charge in [-0.2, -0.15) is 0 Å². The van der Waals surface area contributed by atoms with Gasteiger partial charge in [-0.3, -0.25) is 0 Å². The molecular weight excluding hydrogens is 278 g/mol. The minimum atomic E-state index is -0.0378. The highest BCUT2D eigenvalue weighted by atomic mass is 35.5. The van der Waals surface area contributed by atoms with Crippen LogP contribution in [-0.2, 0) is 11.2 Å². The number of ether oxygens (including phenoxy) is 1. The van der Waals surface area contributed by atoms with Crippen molar-refractivity contribution in [2.45, 2.75) is 57.6 Å². The summed E-state index contributed by atoms with van der Waals surface area (Å²) in [6, 6.07) is 4.50. The van der Waals surface area contributed by atoms with E-state index >= 15 is 0 Å². The summed E-state index contributed by atoms with van der Waals surface area (Å²) in [5.41, 5.74) is -0.0378. The Morgan fingerprint density at radius 2 is 2.32 bits per heavy atom. The van der Waals surface area contributed by atoms with Crippen LogP contribution in [0.1, 0.15) is 44.4 Å². The summed E-state index contributed by atoms with van der Waals surface area (Å²) in [7, 11) is 0. The van der Waals surface area contributed by atoms with Crippen LogP contribution in [0.15, 0.2) is 12.1 Å². The predicted octanol–water partition coefficient (Wildman–Crippen LogP) is 4.27. The smallest absolute Gasteiger partial charge is 0.0931 e. The molecule has 4 heteroatoms. The number of halogens is 1. The van der Waals surface area contributed by atoms with Gasteiger partial charge < -0.3 is 10.1 Å². The normalized spacial score (nSPS) is 25.4. The van der Waals surface area contributed by atoms with E-state index in [1.165, 1.54) is 17.7 Å². The third-order valence-electron chi connectivity index (χ3n) is 3.91. The molecule has 1 aliphatic heterocycles. The van der Waals surface area contributed by atoms with E-state index in [2.05, 4.69) is 25.2 Å². The first-order valence-electron chi connectivity index (χ1n) is 7.25. The Bertz CT molecular complexity index is 387. The zero-order valence-corrected chi connectivity index (χ0v) is 13.4. The van der Waals surface area contributed by atoms with E-state index < -0.39 is 0 Å². The summed E-state index contributed by atoms with van der Waals surface area (Å²) >= 11 is 7.72. The quantitative estimate of drug-likeness (QED) is 0.847. The molecule has 0 aromatic carbocycles. The maximum Gasteiger partial charge on any atom is 0.0931 e. The van der Waals surface area contributed by atoms with Gasteiger partial charge in [0.15, 0.2) is 0 Å². The zero-order chi connectivity index (χ0) is 13.7. The maximum absolute atomic E-state index is 6.11. The van der Waals surface area contributed by atoms with Gasteiger partial charge in [0.2, 0.25) is 0 Å². The van der Waals surface area contributed by atoms with Crippen LogP contribution >= 0.6 is 22.9 Å². The number of thiophene rings is 1. The van der Waals surface area contributed by atoms with Crippen molar-refractivity contribution in [3.8, 4) is 0 Å². The molecule has 2 rings (SSSR count). The fourth-order valence-corrected chi connectivity index (χ4v) is 3.85. The lowest BCUT2D eigenvalue weighted by Crippen LogP contribution is -2.53. The Morgan fingerprint density at radius 3 is 2.89 bits per heavy atom. The maximum atomic E-state index is 6.11. The summed E-state index contributed by atoms with van der Waals surface area (Å²) in [6.07, 6.45) is 5.77. The van der Waals surface area contributed by atoms with E-state index in [1.807, 2.05) is 6.07 Å². The molecule has 0 amide bonds. The average molecular weight is 302 g/mol. The van der Waals surface area contributed by atoms with Crippen molar-refractivity contribution in [1.82, 2.24) is 5.32 Å². The van der Waals surface area contributed by atoms with Crippen LogP contribution in [0.25, 0.3) is 0 Å². The fourth-order valence-electron chi connectivity index (χ4n) is 2.72. The van der Waals surface area contributed by atoms with Gasteiger partial charge in [-0.1, -0.05) is 18.5 Å². The Balaban J connectivity index is 2.05. The van der Waals surface area contributed by atoms with Gasteiger partial charge in [0.05, 0.1) is 9.94 Å². The first kappa shape index (κ1) is 15.3. The van der Waals surface area contributed by atoms with E-state index in [1.54, 1.807) is 11.3 Å². The summed E-state index contributed by atoms with van der Waals surface area (Å²) in [6.45, 7) is 6.40. The minimum absolute atomic E-state index is 0.0378. The number of rotatable bonds is 6. The molecule has 1 fully saturated rings. The van der Waals surface area contributed by atoms with Crippen LogP contribution in [0.2, 0.25) is 4.34 Å². The molecule has 1 saturated heterocycles. The molecule has 2 nitrogen and oxygen atoms in total. The van der Waals surface area contributed by atoms with Crippen molar-refractivity contribution in [2.75, 3.05) is 13.2 Å². The van der Waals surface area contributed by atoms with Crippen LogP contribution < -0.4 is 5.32 Å². The second-order valence-corrected chi connectivity index (χ2v) is 7.33. The number of nitrogens with one attached hydrogen (secondary N) is 1. The Kier molecular flexibility index (Phi) is 5.70. The van der Waals surface area contributed by atoms with E-state index in [4.69, 9.17) is 16.3 Å². The van der Waals surface area contributed by atoms with Gasteiger partial charge in [0.1, 0.15) is 0 Å². The zero-order valence-electron chi connectivity index (χ0n) is 11.9. The molecule has 2 atom stereocenters. The van der Waals surface area contributed by atoms with Crippen LogP contribution in [0, 0.1) is 0 Å². The van der Waals surface area contributed by atoms with Crippen molar-refractivity contribution in [2.24, 2.45) is 0 Å². The topological polar surface area (TPSA) is 21.3 Å². The monoisotopic (exact) mass is 301 g/mol. The lowest BCUT2D eigenvalue weighted by molar-refractivity contribution is -0.0882. The number of hydrogen-bond acceptors (Lipinski definition) is 3. The second-order valence-electron chi connectivity index (χ2n) is 5.53. The standard InChI is InChI=1S/C15H24ClNOS/c1-3-9-17-13(11-12-6-7-14(16)19-12)15(2)8-4-5-10-18-15/h6-7,13,17H,3-5,8-11H2,1-2H3. The third-order valence-corrected chi connectivity index (χ3v) is 5.16. The summed E-state index contributed by atoms with van der Waals surface area (Å²) in [5.74, 6) is 0. The summed E-state index contributed by atoms with van der Waals surface area (Å²) in [5, 5.41) is 3.68. The average Bonchev–Trinajstić information content (AvgIpc) is 2.81. The lowest BCUT2D eigenvalue weighted by atomic mass is 9.86. The SMILES string of the molecule is CCCNC(Cc1ccc(Cl)s1)C1(C)CCCCO1. The van der Waals surface area contributed by atoms with Crippen molar-refractivity contribution in [3.05, 3.63) is 21.3 Å². The predicted molar refractivity (Wildman–Crippen MR) is 83.3 cm³/mol. The van der Waals surface area contributed by atoms with Gasteiger partial charge in [0, 0.05) is 17.5 Å². The van der Waals surface area contributed by atoms with Gasteiger partial charge in [-0.05, 0) is 57.7 Å². The summed E-state index contributed by atoms with van der Waals surface area (Å²) < 4.78 is 6.99. The molecule has 1 aliphatic rings. The van der Waals surface area contributed by atoms with Crippen LogP contribution in [0.3, 0.4) is 0 Å². The van der Waals surface area contributed by atoms with E-state index in [0.717, 1.165) is 36.8 Å². The second kappa shape index (κ2) is 7.07. The van der Waals surface area contributed by atoms with E-state index in [9.17, 15) is 0 Å². The van der Waals surface area contributed by atoms with Gasteiger partial charge in [-0.25, -0.2) is 0 Å². The number of hydrogen-bond donors (Lipinski definition) is 1. The molecule has 1 aromatic heterocycles. The van der Waals surface area contributed by atoms with Crippen LogP contribution in [0.5, 0.6) is 0 Å². The molecular formula is C15H24ClNOS. The lowest BCUT2D eigenvalue weighted by Gasteiger charge is -2.41. The summed E-state index contributed by atoms with van der Waals surface area (Å²) in [4.78, 5) is 1.34. The third kappa shape index (κ3) is 4.19. The Hall–Kier alpha value is -0.0900. The molecule has 2 unspecified atom stereocenters. The highest BCUT2D eigenvalue weighted by Crippen LogP contribution is 2.31. The molecule has 2 heterocycles. The molecule has 1 aromatic rings. The van der Waals surface area contributed by atoms with Crippen molar-refractivity contribution < 1.29 is 4.74 Å². The Morgan fingerprint density at radius 1 is 1.47 bits per heavy atom. The van der Waals surface area contributed by atoms with E-state index in [0.29, 0.717) is 6.04 Å². The van der Waals surface area contributed by atoms with Crippen molar-refractivity contribution >= 4 is 22.9 Å². The van der Waals surface area contributed by atoms with Crippen LogP contribution in [-0.4, -0.2) is 24.8 Å². The van der Waals surface area contributed by atoms with Crippen LogP contribution in [0.4, 0.5) is 0 Å². The molecule has 1 N–H and O–H groups in total. The minimum Gasteiger partial charge on any atom is -0.374 e. The largest absolute Gasteiger partial charge is 0.374 e. The highest BCUT2D eigenvalue weighted by Gasteiger charge is 2.36.